The summed E-state index contributed by atoms with van der Waals surface area (Å²) >= 11 is 0. The van der Waals surface area contributed by atoms with Gasteiger partial charge in [0.15, 0.2) is 0 Å². The Hall–Kier alpha value is -1.35. The van der Waals surface area contributed by atoms with E-state index in [0.717, 1.165) is 12.8 Å². The van der Waals surface area contributed by atoms with Crippen molar-refractivity contribution < 1.29 is 9.90 Å². The Kier molecular flexibility index (Phi) is 3.25. The Labute approximate surface area is 95.5 Å². The summed E-state index contributed by atoms with van der Waals surface area (Å²) in [5.41, 5.74) is 2.47. The smallest absolute Gasteiger partial charge is 0.207 e. The van der Waals surface area contributed by atoms with E-state index in [1.165, 1.54) is 11.1 Å². The number of hydrogen-bond acceptors (Lipinski definition) is 2. The van der Waals surface area contributed by atoms with E-state index in [4.69, 9.17) is 0 Å². The first-order valence-electron chi connectivity index (χ1n) is 5.73. The van der Waals surface area contributed by atoms with E-state index in [9.17, 15) is 9.90 Å². The lowest BCUT2D eigenvalue weighted by molar-refractivity contribution is -0.112. The molecule has 0 heterocycles. The van der Waals surface area contributed by atoms with Crippen LogP contribution in [0, 0.1) is 0 Å². The minimum Gasteiger partial charge on any atom is -0.390 e. The summed E-state index contributed by atoms with van der Waals surface area (Å²) in [7, 11) is 0. The molecule has 2 N–H and O–H groups in total. The maximum absolute atomic E-state index is 10.3. The Morgan fingerprint density at radius 2 is 2.38 bits per heavy atom. The fraction of sp³-hybridized carbons (Fsp3) is 0.462. The Morgan fingerprint density at radius 1 is 1.56 bits per heavy atom. The van der Waals surface area contributed by atoms with E-state index in [1.807, 2.05) is 12.1 Å². The second-order valence-corrected chi connectivity index (χ2v) is 4.32. The fourth-order valence-corrected chi connectivity index (χ4v) is 2.27. The van der Waals surface area contributed by atoms with Gasteiger partial charge in [0, 0.05) is 5.92 Å². The standard InChI is InChI=1S/C13H17NO2/c1-2-9-4-3-5-10(6-9)11-7-12(13(11)16)14-8-15/h3-6,8,11-13,16H,2,7H2,1H3,(H,14,15)/t11-,12-,13-/m0/s1. The minimum atomic E-state index is -0.447. The Balaban J connectivity index is 2.06. The monoisotopic (exact) mass is 219 g/mol. The summed E-state index contributed by atoms with van der Waals surface area (Å²) in [4.78, 5) is 10.3. The van der Waals surface area contributed by atoms with E-state index < -0.39 is 6.10 Å². The van der Waals surface area contributed by atoms with E-state index in [0.29, 0.717) is 6.41 Å². The summed E-state index contributed by atoms with van der Waals surface area (Å²) in [6.07, 6.45) is 2.05. The van der Waals surface area contributed by atoms with Crippen LogP contribution in [-0.4, -0.2) is 23.7 Å². The molecule has 0 saturated heterocycles. The topological polar surface area (TPSA) is 49.3 Å². The lowest BCUT2D eigenvalue weighted by atomic mass is 9.72. The molecule has 1 fully saturated rings. The number of carbonyl (C=O) groups is 1. The average Bonchev–Trinajstić information content (AvgIpc) is 2.33. The third-order valence-corrected chi connectivity index (χ3v) is 3.40. The summed E-state index contributed by atoms with van der Waals surface area (Å²) in [6, 6.07) is 8.24. The summed E-state index contributed by atoms with van der Waals surface area (Å²) < 4.78 is 0. The van der Waals surface area contributed by atoms with Crippen LogP contribution in [-0.2, 0) is 11.2 Å². The van der Waals surface area contributed by atoms with E-state index in [1.54, 1.807) is 0 Å². The largest absolute Gasteiger partial charge is 0.390 e. The van der Waals surface area contributed by atoms with Crippen LogP contribution >= 0.6 is 0 Å². The van der Waals surface area contributed by atoms with Crippen LogP contribution < -0.4 is 5.32 Å². The molecule has 0 radical (unpaired) electrons. The number of aliphatic hydroxyl groups excluding tert-OH is 1. The van der Waals surface area contributed by atoms with Crippen molar-refractivity contribution >= 4 is 6.41 Å². The van der Waals surface area contributed by atoms with Crippen LogP contribution in [0.3, 0.4) is 0 Å². The van der Waals surface area contributed by atoms with E-state index >= 15 is 0 Å². The van der Waals surface area contributed by atoms with Gasteiger partial charge in [0.25, 0.3) is 0 Å². The van der Waals surface area contributed by atoms with Gasteiger partial charge < -0.3 is 10.4 Å². The van der Waals surface area contributed by atoms with Crippen LogP contribution in [0.15, 0.2) is 24.3 Å². The fourth-order valence-electron chi connectivity index (χ4n) is 2.27. The highest BCUT2D eigenvalue weighted by atomic mass is 16.3. The van der Waals surface area contributed by atoms with Crippen molar-refractivity contribution in [3.63, 3.8) is 0 Å². The number of amides is 1. The Morgan fingerprint density at radius 3 is 3.00 bits per heavy atom. The molecule has 3 atom stereocenters. The highest BCUT2D eigenvalue weighted by Gasteiger charge is 2.40. The third-order valence-electron chi connectivity index (χ3n) is 3.40. The predicted molar refractivity (Wildman–Crippen MR) is 62.2 cm³/mol. The molecular formula is C13H17NO2. The second kappa shape index (κ2) is 4.66. The zero-order valence-electron chi connectivity index (χ0n) is 9.39. The zero-order valence-corrected chi connectivity index (χ0v) is 9.39. The van der Waals surface area contributed by atoms with Crippen molar-refractivity contribution in [1.29, 1.82) is 0 Å². The van der Waals surface area contributed by atoms with Crippen molar-refractivity contribution in [2.24, 2.45) is 0 Å². The Bertz CT molecular complexity index is 378. The highest BCUT2D eigenvalue weighted by molar-refractivity contribution is 5.48. The lowest BCUT2D eigenvalue weighted by Gasteiger charge is -2.41. The highest BCUT2D eigenvalue weighted by Crippen LogP contribution is 2.37. The van der Waals surface area contributed by atoms with Crippen LogP contribution in [0.5, 0.6) is 0 Å². The summed E-state index contributed by atoms with van der Waals surface area (Å²) in [6.45, 7) is 2.12. The lowest BCUT2D eigenvalue weighted by Crippen LogP contribution is -2.52. The van der Waals surface area contributed by atoms with Crippen LogP contribution in [0.25, 0.3) is 0 Å². The number of rotatable bonds is 4. The molecule has 1 aliphatic rings. The summed E-state index contributed by atoms with van der Waals surface area (Å²) in [5.74, 6) is 0.170. The quantitative estimate of drug-likeness (QED) is 0.748. The molecule has 3 heteroatoms. The molecule has 86 valence electrons. The summed E-state index contributed by atoms with van der Waals surface area (Å²) in [5, 5.41) is 12.5. The predicted octanol–water partition coefficient (Wildman–Crippen LogP) is 1.21. The SMILES string of the molecule is CCc1cccc([C@@H]2C[C@H](NC=O)[C@H]2O)c1. The molecule has 0 aliphatic heterocycles. The van der Waals surface area contributed by atoms with Gasteiger partial charge in [0.1, 0.15) is 0 Å². The molecule has 3 nitrogen and oxygen atoms in total. The molecule has 1 amide bonds. The molecule has 0 unspecified atom stereocenters. The van der Waals surface area contributed by atoms with Crippen LogP contribution in [0.1, 0.15) is 30.4 Å². The molecule has 0 bridgehead atoms. The molecule has 1 saturated carbocycles. The van der Waals surface area contributed by atoms with Gasteiger partial charge >= 0.3 is 0 Å². The normalized spacial score (nSPS) is 28.2. The van der Waals surface area contributed by atoms with Gasteiger partial charge in [-0.15, -0.1) is 0 Å². The van der Waals surface area contributed by atoms with E-state index in [2.05, 4.69) is 24.4 Å². The average molecular weight is 219 g/mol. The van der Waals surface area contributed by atoms with Crippen LogP contribution in [0.2, 0.25) is 0 Å². The zero-order chi connectivity index (χ0) is 11.5. The van der Waals surface area contributed by atoms with E-state index in [-0.39, 0.29) is 12.0 Å². The van der Waals surface area contributed by atoms with Crippen LogP contribution in [0.4, 0.5) is 0 Å². The number of aryl methyl sites for hydroxylation is 1. The minimum absolute atomic E-state index is 0.0761. The van der Waals surface area contributed by atoms with Gasteiger partial charge in [-0.05, 0) is 24.0 Å². The molecular weight excluding hydrogens is 202 g/mol. The van der Waals surface area contributed by atoms with Crippen molar-refractivity contribution in [2.45, 2.75) is 37.8 Å². The molecule has 16 heavy (non-hydrogen) atoms. The number of carbonyl (C=O) groups excluding carboxylic acids is 1. The maximum Gasteiger partial charge on any atom is 0.207 e. The van der Waals surface area contributed by atoms with Gasteiger partial charge in [-0.1, -0.05) is 31.2 Å². The van der Waals surface area contributed by atoms with Gasteiger partial charge in [-0.3, -0.25) is 4.79 Å². The number of hydrogen-bond donors (Lipinski definition) is 2. The van der Waals surface area contributed by atoms with Gasteiger partial charge in [-0.2, -0.15) is 0 Å². The van der Waals surface area contributed by atoms with Gasteiger partial charge in [0.05, 0.1) is 12.1 Å². The molecule has 0 spiro atoms. The van der Waals surface area contributed by atoms with Gasteiger partial charge in [0.2, 0.25) is 6.41 Å². The van der Waals surface area contributed by atoms with Crippen molar-refractivity contribution in [3.8, 4) is 0 Å². The van der Waals surface area contributed by atoms with Crippen molar-refractivity contribution in [3.05, 3.63) is 35.4 Å². The molecule has 0 aromatic heterocycles. The first-order chi connectivity index (χ1) is 7.76. The molecule has 1 aliphatic carbocycles. The number of nitrogens with one attached hydrogen (secondary N) is 1. The maximum atomic E-state index is 10.3. The number of aliphatic hydroxyl groups is 1. The second-order valence-electron chi connectivity index (χ2n) is 4.32. The first kappa shape index (κ1) is 11.1. The molecule has 1 aromatic rings. The third kappa shape index (κ3) is 1.95. The number of benzene rings is 1. The van der Waals surface area contributed by atoms with Crippen molar-refractivity contribution in [2.75, 3.05) is 0 Å². The first-order valence-corrected chi connectivity index (χ1v) is 5.73. The van der Waals surface area contributed by atoms with Crippen molar-refractivity contribution in [1.82, 2.24) is 5.32 Å². The van der Waals surface area contributed by atoms with Gasteiger partial charge in [-0.25, -0.2) is 0 Å². The molecule has 1 aromatic carbocycles. The molecule has 2 rings (SSSR count).